The molecule has 0 aromatic rings. The van der Waals surface area contributed by atoms with Crippen LogP contribution in [0.15, 0.2) is 0 Å². The normalized spacial score (nSPS) is 25.3. The molecule has 1 aliphatic carbocycles. The molecule has 0 aromatic carbocycles. The molecule has 2 atom stereocenters. The van der Waals surface area contributed by atoms with Gasteiger partial charge in [-0.1, -0.05) is 13.8 Å². The van der Waals surface area contributed by atoms with Crippen molar-refractivity contribution >= 4 is 5.97 Å². The van der Waals surface area contributed by atoms with Gasteiger partial charge in [0.25, 0.3) is 0 Å². The van der Waals surface area contributed by atoms with Crippen LogP contribution in [-0.4, -0.2) is 19.8 Å². The van der Waals surface area contributed by atoms with E-state index in [-0.39, 0.29) is 24.5 Å². The molecule has 0 bridgehead atoms. The molecule has 0 N–H and O–H groups in total. The van der Waals surface area contributed by atoms with Gasteiger partial charge in [-0.2, -0.15) is 0 Å². The second kappa shape index (κ2) is 5.98. The van der Waals surface area contributed by atoms with Gasteiger partial charge in [0.1, 0.15) is 0 Å². The van der Waals surface area contributed by atoms with Gasteiger partial charge in [0.2, 0.25) is 0 Å². The Hall–Kier alpha value is -0.600. The molecule has 72 valence electrons. The first-order valence-corrected chi connectivity index (χ1v) is 4.43. The number of hydrogen-bond acceptors (Lipinski definition) is 2. The Labute approximate surface area is 73.1 Å². The van der Waals surface area contributed by atoms with Crippen molar-refractivity contribution in [3.8, 4) is 0 Å². The summed E-state index contributed by atoms with van der Waals surface area (Å²) in [4.78, 5) is 10.7. The lowest BCUT2D eigenvalue weighted by Crippen LogP contribution is -2.04. The Morgan fingerprint density at radius 3 is 2.58 bits per heavy atom. The number of rotatable bonds is 3. The van der Waals surface area contributed by atoms with Gasteiger partial charge in [-0.05, 0) is 18.8 Å². The van der Waals surface area contributed by atoms with Gasteiger partial charge < -0.3 is 4.74 Å². The molecule has 12 heavy (non-hydrogen) atoms. The number of halogens is 1. The van der Waals surface area contributed by atoms with E-state index in [1.54, 1.807) is 0 Å². The van der Waals surface area contributed by atoms with Gasteiger partial charge in [-0.25, -0.2) is 0 Å². The summed E-state index contributed by atoms with van der Waals surface area (Å²) in [5.41, 5.74) is 0. The highest BCUT2D eigenvalue weighted by atomic mass is 19.1. The van der Waals surface area contributed by atoms with Gasteiger partial charge in [0.05, 0.1) is 19.7 Å². The minimum absolute atomic E-state index is 0.000694. The molecule has 3 heteroatoms. The van der Waals surface area contributed by atoms with Crippen LogP contribution >= 0.6 is 0 Å². The summed E-state index contributed by atoms with van der Waals surface area (Å²) in [6.07, 6.45) is 1.33. The smallest absolute Gasteiger partial charge is 0.308 e. The fourth-order valence-electron chi connectivity index (χ4n) is 1.15. The van der Waals surface area contributed by atoms with E-state index in [4.69, 9.17) is 0 Å². The number of ether oxygens (including phenoxy) is 1. The molecule has 0 spiro atoms. The molecule has 0 radical (unpaired) electrons. The van der Waals surface area contributed by atoms with E-state index in [9.17, 15) is 9.18 Å². The van der Waals surface area contributed by atoms with Crippen molar-refractivity contribution in [3.63, 3.8) is 0 Å². The SMILES string of the molecule is CC.COC(=O)[C@H]1CC1CCF. The number of alkyl halides is 1. The van der Waals surface area contributed by atoms with Crippen molar-refractivity contribution in [1.29, 1.82) is 0 Å². The standard InChI is InChI=1S/C7H11FO2.C2H6/c1-10-7(9)6-4-5(6)2-3-8;1-2/h5-6H,2-4H2,1H3;1-2H3/t5?,6-;/m0./s1. The van der Waals surface area contributed by atoms with Crippen molar-refractivity contribution in [3.05, 3.63) is 0 Å². The predicted octanol–water partition coefficient (Wildman–Crippen LogP) is 2.18. The molecule has 0 aliphatic heterocycles. The first-order valence-electron chi connectivity index (χ1n) is 4.43. The minimum Gasteiger partial charge on any atom is -0.469 e. The first kappa shape index (κ1) is 11.4. The molecule has 1 fully saturated rings. The number of carbonyl (C=O) groups excluding carboxylic acids is 1. The highest BCUT2D eigenvalue weighted by Crippen LogP contribution is 2.41. The molecule has 0 amide bonds. The quantitative estimate of drug-likeness (QED) is 0.616. The average Bonchev–Trinajstić information content (AvgIpc) is 2.87. The van der Waals surface area contributed by atoms with E-state index in [0.29, 0.717) is 6.42 Å². The summed E-state index contributed by atoms with van der Waals surface area (Å²) < 4.78 is 16.2. The maximum atomic E-state index is 11.7. The Morgan fingerprint density at radius 2 is 2.17 bits per heavy atom. The molecule has 2 nitrogen and oxygen atoms in total. The molecular formula is C9H17FO2. The fourth-order valence-corrected chi connectivity index (χ4v) is 1.15. The number of carbonyl (C=O) groups is 1. The minimum atomic E-state index is -0.321. The van der Waals surface area contributed by atoms with Gasteiger partial charge in [0.15, 0.2) is 0 Å². The molecular weight excluding hydrogens is 159 g/mol. The highest BCUT2D eigenvalue weighted by Gasteiger charge is 2.43. The third-order valence-corrected chi connectivity index (χ3v) is 1.91. The van der Waals surface area contributed by atoms with Crippen molar-refractivity contribution in [2.24, 2.45) is 11.8 Å². The second-order valence-electron chi connectivity index (χ2n) is 2.60. The molecule has 1 rings (SSSR count). The summed E-state index contributed by atoms with van der Waals surface area (Å²) in [6, 6.07) is 0. The maximum Gasteiger partial charge on any atom is 0.308 e. The summed E-state index contributed by atoms with van der Waals surface area (Å²) in [5.74, 6) is 0.0802. The number of methoxy groups -OCH3 is 1. The highest BCUT2D eigenvalue weighted by molar-refractivity contribution is 5.75. The van der Waals surface area contributed by atoms with Crippen LogP contribution < -0.4 is 0 Å². The maximum absolute atomic E-state index is 11.7. The van der Waals surface area contributed by atoms with Crippen LogP contribution in [0.2, 0.25) is 0 Å². The van der Waals surface area contributed by atoms with Crippen molar-refractivity contribution in [2.75, 3.05) is 13.8 Å². The van der Waals surface area contributed by atoms with Crippen LogP contribution in [0, 0.1) is 11.8 Å². The van der Waals surface area contributed by atoms with E-state index in [2.05, 4.69) is 4.74 Å². The first-order chi connectivity index (χ1) is 5.79. The van der Waals surface area contributed by atoms with E-state index < -0.39 is 0 Å². The van der Waals surface area contributed by atoms with Crippen molar-refractivity contribution in [1.82, 2.24) is 0 Å². The Balaban J connectivity index is 0.000000561. The van der Waals surface area contributed by atoms with E-state index in [1.807, 2.05) is 13.8 Å². The zero-order valence-corrected chi connectivity index (χ0v) is 7.97. The Morgan fingerprint density at radius 1 is 1.58 bits per heavy atom. The van der Waals surface area contributed by atoms with E-state index >= 15 is 0 Å². The van der Waals surface area contributed by atoms with Crippen LogP contribution in [0.25, 0.3) is 0 Å². The second-order valence-corrected chi connectivity index (χ2v) is 2.60. The van der Waals surface area contributed by atoms with Gasteiger partial charge >= 0.3 is 5.97 Å². The lowest BCUT2D eigenvalue weighted by atomic mass is 10.2. The number of esters is 1. The third-order valence-electron chi connectivity index (χ3n) is 1.91. The Kier molecular flexibility index (Phi) is 5.68. The van der Waals surface area contributed by atoms with Gasteiger partial charge in [-0.3, -0.25) is 9.18 Å². The largest absolute Gasteiger partial charge is 0.469 e. The molecule has 0 heterocycles. The van der Waals surface area contributed by atoms with Crippen LogP contribution in [0.3, 0.4) is 0 Å². The van der Waals surface area contributed by atoms with Gasteiger partial charge in [-0.15, -0.1) is 0 Å². The molecule has 1 unspecified atom stereocenters. The zero-order chi connectivity index (χ0) is 9.56. The summed E-state index contributed by atoms with van der Waals surface area (Å²) in [6.45, 7) is 3.68. The summed E-state index contributed by atoms with van der Waals surface area (Å²) in [5, 5.41) is 0. The monoisotopic (exact) mass is 176 g/mol. The summed E-state index contributed by atoms with van der Waals surface area (Å²) >= 11 is 0. The number of hydrogen-bond donors (Lipinski definition) is 0. The van der Waals surface area contributed by atoms with E-state index in [0.717, 1.165) is 6.42 Å². The fraction of sp³-hybridized carbons (Fsp3) is 0.889. The van der Waals surface area contributed by atoms with E-state index in [1.165, 1.54) is 7.11 Å². The van der Waals surface area contributed by atoms with Crippen molar-refractivity contribution in [2.45, 2.75) is 26.7 Å². The molecule has 0 aromatic heterocycles. The average molecular weight is 176 g/mol. The van der Waals surface area contributed by atoms with Crippen LogP contribution in [0.5, 0.6) is 0 Å². The lowest BCUT2D eigenvalue weighted by molar-refractivity contribution is -0.142. The predicted molar refractivity (Wildman–Crippen MR) is 45.6 cm³/mol. The summed E-state index contributed by atoms with van der Waals surface area (Å²) in [7, 11) is 1.37. The van der Waals surface area contributed by atoms with Crippen LogP contribution in [0.4, 0.5) is 4.39 Å². The van der Waals surface area contributed by atoms with Crippen LogP contribution in [-0.2, 0) is 9.53 Å². The topological polar surface area (TPSA) is 26.3 Å². The molecule has 1 saturated carbocycles. The molecule has 0 saturated heterocycles. The Bertz CT molecular complexity index is 136. The van der Waals surface area contributed by atoms with Crippen LogP contribution in [0.1, 0.15) is 26.7 Å². The molecule has 1 aliphatic rings. The zero-order valence-electron chi connectivity index (χ0n) is 7.97. The lowest BCUT2D eigenvalue weighted by Gasteiger charge is -1.94. The van der Waals surface area contributed by atoms with Crippen molar-refractivity contribution < 1.29 is 13.9 Å². The third kappa shape index (κ3) is 3.20. The van der Waals surface area contributed by atoms with Gasteiger partial charge in [0, 0.05) is 0 Å².